The van der Waals surface area contributed by atoms with Crippen molar-refractivity contribution in [3.05, 3.63) is 41.5 Å². The Morgan fingerprint density at radius 3 is 2.54 bits per heavy atom. The van der Waals surface area contributed by atoms with Crippen molar-refractivity contribution >= 4 is 17.9 Å². The first-order valence-electron chi connectivity index (χ1n) is 10.1. The zero-order chi connectivity index (χ0) is 19.9. The summed E-state index contributed by atoms with van der Waals surface area (Å²) in [6, 6.07) is 7.71. The summed E-state index contributed by atoms with van der Waals surface area (Å²) in [5.41, 5.74) is 1.74. The number of allylic oxidation sites excluding steroid dienone is 1. The number of rotatable bonds is 5. The van der Waals surface area contributed by atoms with Gasteiger partial charge in [-0.05, 0) is 36.5 Å². The smallest absolute Gasteiger partial charge is 0.253 e. The van der Waals surface area contributed by atoms with E-state index in [-0.39, 0.29) is 11.8 Å². The maximum absolute atomic E-state index is 12.5. The number of benzene rings is 1. The highest BCUT2D eigenvalue weighted by molar-refractivity contribution is 5.94. The van der Waals surface area contributed by atoms with Gasteiger partial charge in [0, 0.05) is 45.8 Å². The van der Waals surface area contributed by atoms with Gasteiger partial charge < -0.3 is 14.5 Å². The largest absolute Gasteiger partial charge is 0.379 e. The van der Waals surface area contributed by atoms with E-state index in [2.05, 4.69) is 17.1 Å². The number of ether oxygens (including phenoxy) is 1. The molecule has 2 fully saturated rings. The average molecular weight is 386 g/mol. The van der Waals surface area contributed by atoms with E-state index < -0.39 is 0 Å². The van der Waals surface area contributed by atoms with E-state index in [1.54, 1.807) is 19.0 Å². The first-order valence-corrected chi connectivity index (χ1v) is 10.1. The second-order valence-electron chi connectivity index (χ2n) is 7.79. The maximum Gasteiger partial charge on any atom is 0.253 e. The highest BCUT2D eigenvalue weighted by Crippen LogP contribution is 2.20. The minimum Gasteiger partial charge on any atom is -0.379 e. The number of hydrogen-bond donors (Lipinski definition) is 0. The molecule has 0 spiro atoms. The Morgan fingerprint density at radius 2 is 1.86 bits per heavy atom. The van der Waals surface area contributed by atoms with E-state index in [9.17, 15) is 9.59 Å². The molecule has 28 heavy (non-hydrogen) atoms. The number of amides is 2. The number of likely N-dealkylation sites (tertiary alicyclic amines) is 1. The third kappa shape index (κ3) is 5.66. The minimum absolute atomic E-state index is 0.0161. The zero-order valence-electron chi connectivity index (χ0n) is 17.0. The fourth-order valence-corrected chi connectivity index (χ4v) is 3.67. The molecule has 1 aromatic carbocycles. The Balaban J connectivity index is 1.48. The van der Waals surface area contributed by atoms with Crippen LogP contribution < -0.4 is 0 Å². The molecule has 0 aromatic heterocycles. The van der Waals surface area contributed by atoms with Crippen LogP contribution in [0.15, 0.2) is 30.3 Å². The van der Waals surface area contributed by atoms with Gasteiger partial charge in [-0.3, -0.25) is 14.5 Å². The van der Waals surface area contributed by atoms with Crippen LogP contribution in [0.4, 0.5) is 0 Å². The molecule has 0 aliphatic carbocycles. The summed E-state index contributed by atoms with van der Waals surface area (Å²) in [7, 11) is 3.53. The molecule has 0 atom stereocenters. The molecule has 2 heterocycles. The molecule has 0 N–H and O–H groups in total. The van der Waals surface area contributed by atoms with E-state index >= 15 is 0 Å². The molecule has 0 unspecified atom stereocenters. The number of piperidine rings is 1. The van der Waals surface area contributed by atoms with Gasteiger partial charge in [0.25, 0.3) is 5.91 Å². The van der Waals surface area contributed by atoms with Crippen LogP contribution in [0.1, 0.15) is 28.8 Å². The Hall–Kier alpha value is -2.18. The van der Waals surface area contributed by atoms with Crippen molar-refractivity contribution in [1.29, 1.82) is 0 Å². The lowest BCUT2D eigenvalue weighted by atomic mass is 9.95. The molecule has 2 aliphatic rings. The van der Waals surface area contributed by atoms with E-state index in [4.69, 9.17) is 4.74 Å². The number of carbonyl (C=O) groups excluding carboxylic acids is 2. The van der Waals surface area contributed by atoms with Crippen LogP contribution in [0.2, 0.25) is 0 Å². The first-order chi connectivity index (χ1) is 13.5. The summed E-state index contributed by atoms with van der Waals surface area (Å²) in [4.78, 5) is 30.4. The highest BCUT2D eigenvalue weighted by atomic mass is 16.5. The standard InChI is InChI=1S/C22H31N3O3/c1-23(2)22(27)20-5-3-4-19(16-20)7-6-18-8-10-25(11-9-18)21(26)17-24-12-14-28-15-13-24/h3-7,16,18H,8-15,17H2,1-2H3. The van der Waals surface area contributed by atoms with Crippen LogP contribution in [0.25, 0.3) is 6.08 Å². The van der Waals surface area contributed by atoms with Crippen LogP contribution in [0.3, 0.4) is 0 Å². The second-order valence-corrected chi connectivity index (χ2v) is 7.79. The molecule has 0 saturated carbocycles. The molecular weight excluding hydrogens is 354 g/mol. The SMILES string of the molecule is CN(C)C(=O)c1cccc(C=CC2CCN(C(=O)CN3CCOCC3)CC2)c1. The van der Waals surface area contributed by atoms with Gasteiger partial charge in [0.1, 0.15) is 0 Å². The van der Waals surface area contributed by atoms with Crippen LogP contribution in [-0.2, 0) is 9.53 Å². The highest BCUT2D eigenvalue weighted by Gasteiger charge is 2.23. The van der Waals surface area contributed by atoms with E-state index in [0.29, 0.717) is 18.0 Å². The topological polar surface area (TPSA) is 53.1 Å². The van der Waals surface area contributed by atoms with Gasteiger partial charge in [-0.25, -0.2) is 0 Å². The lowest BCUT2D eigenvalue weighted by Gasteiger charge is -2.33. The van der Waals surface area contributed by atoms with Gasteiger partial charge >= 0.3 is 0 Å². The fourth-order valence-electron chi connectivity index (χ4n) is 3.67. The second kappa shape index (κ2) is 9.85. The molecule has 152 valence electrons. The van der Waals surface area contributed by atoms with Gasteiger partial charge in [0.15, 0.2) is 0 Å². The number of nitrogens with zero attached hydrogens (tertiary/aromatic N) is 3. The Morgan fingerprint density at radius 1 is 1.14 bits per heavy atom. The predicted octanol–water partition coefficient (Wildman–Crippen LogP) is 1.97. The summed E-state index contributed by atoms with van der Waals surface area (Å²) in [5, 5.41) is 0. The zero-order valence-corrected chi connectivity index (χ0v) is 17.0. The molecule has 1 aromatic rings. The molecule has 6 nitrogen and oxygen atoms in total. The van der Waals surface area contributed by atoms with Crippen molar-refractivity contribution in [1.82, 2.24) is 14.7 Å². The number of morpholine rings is 1. The summed E-state index contributed by atoms with van der Waals surface area (Å²) >= 11 is 0. The Kier molecular flexibility index (Phi) is 7.23. The molecule has 2 aliphatic heterocycles. The Bertz CT molecular complexity index is 703. The van der Waals surface area contributed by atoms with E-state index in [0.717, 1.165) is 57.8 Å². The summed E-state index contributed by atoms with van der Waals surface area (Å²) in [6.07, 6.45) is 6.30. The van der Waals surface area contributed by atoms with Crippen molar-refractivity contribution in [3.63, 3.8) is 0 Å². The molecule has 2 saturated heterocycles. The first kappa shape index (κ1) is 20.6. The summed E-state index contributed by atoms with van der Waals surface area (Å²) in [6.45, 7) is 5.29. The van der Waals surface area contributed by atoms with Crippen molar-refractivity contribution in [2.45, 2.75) is 12.8 Å². The monoisotopic (exact) mass is 385 g/mol. The lowest BCUT2D eigenvalue weighted by Crippen LogP contribution is -2.46. The van der Waals surface area contributed by atoms with Gasteiger partial charge in [-0.2, -0.15) is 0 Å². The molecule has 3 rings (SSSR count). The fraction of sp³-hybridized carbons (Fsp3) is 0.545. The van der Waals surface area contributed by atoms with Gasteiger partial charge in [0.2, 0.25) is 5.91 Å². The van der Waals surface area contributed by atoms with Crippen LogP contribution in [0.5, 0.6) is 0 Å². The van der Waals surface area contributed by atoms with Crippen molar-refractivity contribution in [2.75, 3.05) is 60.0 Å². The average Bonchev–Trinajstić information content (AvgIpc) is 2.73. The third-order valence-electron chi connectivity index (χ3n) is 5.46. The van der Waals surface area contributed by atoms with Gasteiger partial charge in [-0.1, -0.05) is 24.3 Å². The molecule has 0 radical (unpaired) electrons. The van der Waals surface area contributed by atoms with Crippen LogP contribution >= 0.6 is 0 Å². The quantitative estimate of drug-likeness (QED) is 0.778. The number of hydrogen-bond acceptors (Lipinski definition) is 4. The molecule has 6 heteroatoms. The third-order valence-corrected chi connectivity index (χ3v) is 5.46. The van der Waals surface area contributed by atoms with Gasteiger partial charge in [0.05, 0.1) is 19.8 Å². The van der Waals surface area contributed by atoms with E-state index in [1.807, 2.05) is 29.2 Å². The Labute approximate surface area is 167 Å². The van der Waals surface area contributed by atoms with Crippen molar-refractivity contribution < 1.29 is 14.3 Å². The summed E-state index contributed by atoms with van der Waals surface area (Å²) in [5.74, 6) is 0.724. The maximum atomic E-state index is 12.5. The number of carbonyl (C=O) groups is 2. The lowest BCUT2D eigenvalue weighted by molar-refractivity contribution is -0.134. The summed E-state index contributed by atoms with van der Waals surface area (Å²) < 4.78 is 5.34. The van der Waals surface area contributed by atoms with Crippen LogP contribution in [0, 0.1) is 5.92 Å². The van der Waals surface area contributed by atoms with Crippen LogP contribution in [-0.4, -0.2) is 86.5 Å². The molecule has 0 bridgehead atoms. The molecular formula is C22H31N3O3. The molecule has 2 amide bonds. The van der Waals surface area contributed by atoms with Gasteiger partial charge in [-0.15, -0.1) is 0 Å². The van der Waals surface area contributed by atoms with Crippen molar-refractivity contribution in [2.24, 2.45) is 5.92 Å². The minimum atomic E-state index is 0.0161. The van der Waals surface area contributed by atoms with Crippen molar-refractivity contribution in [3.8, 4) is 0 Å². The van der Waals surface area contributed by atoms with E-state index in [1.165, 1.54) is 0 Å². The normalized spacial score (nSPS) is 19.1. The predicted molar refractivity (Wildman–Crippen MR) is 110 cm³/mol.